The van der Waals surface area contributed by atoms with E-state index in [1.54, 1.807) is 0 Å². The summed E-state index contributed by atoms with van der Waals surface area (Å²) in [5.41, 5.74) is 0. The quantitative estimate of drug-likeness (QED) is 0.0971. The highest BCUT2D eigenvalue weighted by molar-refractivity contribution is 5.77. The van der Waals surface area contributed by atoms with Gasteiger partial charge in [0.1, 0.15) is 32.4 Å². The molecule has 0 fully saturated rings. The number of ether oxygens (including phenoxy) is 2. The minimum atomic E-state index is -0.900. The van der Waals surface area contributed by atoms with Crippen molar-refractivity contribution in [1.82, 2.24) is 15.4 Å². The van der Waals surface area contributed by atoms with Gasteiger partial charge in [-0.2, -0.15) is 5.06 Å². The summed E-state index contributed by atoms with van der Waals surface area (Å²) in [6.07, 6.45) is 0.897. The highest BCUT2D eigenvalue weighted by Gasteiger charge is 2.16. The van der Waals surface area contributed by atoms with Gasteiger partial charge < -0.3 is 24.4 Å². The topological polar surface area (TPSA) is 152 Å². The number of hydroxylamine groups is 4. The van der Waals surface area contributed by atoms with Gasteiger partial charge in [0.05, 0.1) is 12.9 Å². The van der Waals surface area contributed by atoms with E-state index in [1.165, 1.54) is 0 Å². The number of carbonyl (C=O) groups is 5. The van der Waals surface area contributed by atoms with Gasteiger partial charge in [-0.15, -0.1) is 0 Å². The molecule has 3 amide bonds. The number of alkyl carbamates (subject to hydrolysis) is 1. The van der Waals surface area contributed by atoms with Crippen molar-refractivity contribution < 1.29 is 43.5 Å². The van der Waals surface area contributed by atoms with Gasteiger partial charge in [0.15, 0.2) is 6.61 Å². The first-order valence-electron chi connectivity index (χ1n) is 7.39. The minimum absolute atomic E-state index is 0.111. The van der Waals surface area contributed by atoms with Crippen LogP contribution in [0.4, 0.5) is 4.79 Å². The Morgan fingerprint density at radius 3 is 2.50 bits per heavy atom. The van der Waals surface area contributed by atoms with Crippen molar-refractivity contribution in [3.63, 3.8) is 0 Å². The van der Waals surface area contributed by atoms with E-state index in [-0.39, 0.29) is 24.5 Å². The Morgan fingerprint density at radius 1 is 1.15 bits per heavy atom. The number of hydrogen-bond acceptors (Lipinski definition) is 9. The van der Waals surface area contributed by atoms with Crippen LogP contribution in [-0.2, 0) is 33.5 Å². The van der Waals surface area contributed by atoms with Gasteiger partial charge in [-0.1, -0.05) is 6.58 Å². The molecule has 0 atom stereocenters. The van der Waals surface area contributed by atoms with Gasteiger partial charge >= 0.3 is 6.09 Å². The third kappa shape index (κ3) is 10.7. The first-order valence-corrected chi connectivity index (χ1v) is 7.39. The predicted molar refractivity (Wildman–Crippen MR) is 83.2 cm³/mol. The molecule has 0 saturated heterocycles. The molecule has 0 heterocycles. The number of nitrogens with one attached hydrogen (secondary N) is 1. The molecule has 0 spiro atoms. The molecular weight excluding hydrogens is 354 g/mol. The summed E-state index contributed by atoms with van der Waals surface area (Å²) >= 11 is 0. The molecule has 0 radical (unpaired) electrons. The molecule has 0 aromatic heterocycles. The fourth-order valence-electron chi connectivity index (χ4n) is 1.41. The van der Waals surface area contributed by atoms with Crippen molar-refractivity contribution in [2.45, 2.75) is 12.8 Å². The smallest absolute Gasteiger partial charge is 0.408 e. The summed E-state index contributed by atoms with van der Waals surface area (Å²) in [4.78, 5) is 59.8. The molecular formula is C14H21N3O9. The third-order valence-electron chi connectivity index (χ3n) is 2.57. The Balaban J connectivity index is 4.12. The maximum atomic E-state index is 11.7. The molecule has 0 aliphatic rings. The molecule has 0 rings (SSSR count). The van der Waals surface area contributed by atoms with Crippen molar-refractivity contribution in [3.8, 4) is 0 Å². The molecule has 2 N–H and O–H groups in total. The van der Waals surface area contributed by atoms with Crippen LogP contribution in [0.3, 0.4) is 0 Å². The van der Waals surface area contributed by atoms with Crippen LogP contribution >= 0.6 is 0 Å². The van der Waals surface area contributed by atoms with Crippen molar-refractivity contribution in [2.24, 2.45) is 0 Å². The lowest BCUT2D eigenvalue weighted by molar-refractivity contribution is -0.189. The average molecular weight is 375 g/mol. The van der Waals surface area contributed by atoms with Crippen LogP contribution < -0.4 is 5.32 Å². The minimum Gasteiger partial charge on any atom is -0.492 e. The Morgan fingerprint density at radius 2 is 1.88 bits per heavy atom. The fraction of sp³-hybridized carbons (Fsp3) is 0.500. The number of nitrogens with zero attached hydrogens (tertiary/aromatic N) is 2. The zero-order chi connectivity index (χ0) is 19.8. The Kier molecular flexibility index (Phi) is 12.7. The van der Waals surface area contributed by atoms with Crippen molar-refractivity contribution in [1.29, 1.82) is 0 Å². The summed E-state index contributed by atoms with van der Waals surface area (Å²) in [5, 5.41) is 12.3. The second-order valence-corrected chi connectivity index (χ2v) is 4.43. The summed E-state index contributed by atoms with van der Waals surface area (Å²) in [6, 6.07) is 0. The van der Waals surface area contributed by atoms with Crippen molar-refractivity contribution in [3.05, 3.63) is 12.8 Å². The molecule has 0 aromatic rings. The molecule has 0 saturated carbocycles. The van der Waals surface area contributed by atoms with E-state index < -0.39 is 44.3 Å². The molecule has 12 heteroatoms. The summed E-state index contributed by atoms with van der Waals surface area (Å²) in [5.74, 6) is -1.36. The van der Waals surface area contributed by atoms with Gasteiger partial charge in [-0.05, 0) is 6.42 Å². The lowest BCUT2D eigenvalue weighted by Crippen LogP contribution is -2.43. The van der Waals surface area contributed by atoms with E-state index in [4.69, 9.17) is 14.8 Å². The zero-order valence-corrected chi connectivity index (χ0v) is 14.0. The van der Waals surface area contributed by atoms with Crippen molar-refractivity contribution in [2.75, 3.05) is 33.0 Å². The normalized spacial score (nSPS) is 9.58. The molecule has 0 aliphatic carbocycles. The van der Waals surface area contributed by atoms with Crippen LogP contribution in [0, 0.1) is 0 Å². The monoisotopic (exact) mass is 375 g/mol. The molecule has 0 aromatic carbocycles. The second kappa shape index (κ2) is 14.4. The molecule has 0 bridgehead atoms. The van der Waals surface area contributed by atoms with Crippen LogP contribution in [-0.4, -0.2) is 78.8 Å². The predicted octanol–water partition coefficient (Wildman–Crippen LogP) is -1.01. The molecule has 12 nitrogen and oxygen atoms in total. The average Bonchev–Trinajstić information content (AvgIpc) is 2.63. The van der Waals surface area contributed by atoms with E-state index in [9.17, 15) is 24.0 Å². The number of amides is 3. The van der Waals surface area contributed by atoms with Gasteiger partial charge in [0, 0.05) is 6.42 Å². The largest absolute Gasteiger partial charge is 0.492 e. The van der Waals surface area contributed by atoms with Gasteiger partial charge in [-0.3, -0.25) is 19.6 Å². The Hall–Kier alpha value is -2.99. The fourth-order valence-corrected chi connectivity index (χ4v) is 1.41. The Bertz CT molecular complexity index is 498. The molecule has 26 heavy (non-hydrogen) atoms. The first-order chi connectivity index (χ1) is 12.5. The standard InChI is InChI=1S/C14H21N3O9/c1-2-24-10-13(21)17(26-9-7-19)11-15-14(22)25-8-3-4-12(20)16(23)5-6-18/h2,6-7,23H,1,3-5,8-11H2,(H,15,22). The van der Waals surface area contributed by atoms with E-state index in [0.29, 0.717) is 17.6 Å². The highest BCUT2D eigenvalue weighted by Crippen LogP contribution is 1.97. The van der Waals surface area contributed by atoms with Crippen LogP contribution in [0.1, 0.15) is 12.8 Å². The lowest BCUT2D eigenvalue weighted by Gasteiger charge is -2.20. The van der Waals surface area contributed by atoms with Crippen LogP contribution in [0.15, 0.2) is 12.8 Å². The third-order valence-corrected chi connectivity index (χ3v) is 2.57. The van der Waals surface area contributed by atoms with Crippen LogP contribution in [0.2, 0.25) is 0 Å². The Labute approximate surface area is 149 Å². The van der Waals surface area contributed by atoms with E-state index in [1.807, 2.05) is 0 Å². The summed E-state index contributed by atoms with van der Waals surface area (Å²) in [7, 11) is 0. The van der Waals surface area contributed by atoms with E-state index in [2.05, 4.69) is 16.6 Å². The van der Waals surface area contributed by atoms with E-state index in [0.717, 1.165) is 6.26 Å². The van der Waals surface area contributed by atoms with Gasteiger partial charge in [0.2, 0.25) is 5.91 Å². The van der Waals surface area contributed by atoms with E-state index >= 15 is 0 Å². The van der Waals surface area contributed by atoms with Gasteiger partial charge in [-0.25, -0.2) is 9.86 Å². The molecule has 0 aliphatic heterocycles. The summed E-state index contributed by atoms with van der Waals surface area (Å²) < 4.78 is 9.45. The number of hydrogen-bond donors (Lipinski definition) is 2. The van der Waals surface area contributed by atoms with Crippen LogP contribution in [0.25, 0.3) is 0 Å². The van der Waals surface area contributed by atoms with Crippen LogP contribution in [0.5, 0.6) is 0 Å². The number of rotatable bonds is 14. The second-order valence-electron chi connectivity index (χ2n) is 4.43. The lowest BCUT2D eigenvalue weighted by atomic mass is 10.3. The van der Waals surface area contributed by atoms with Gasteiger partial charge in [0.25, 0.3) is 5.91 Å². The number of aldehydes is 2. The van der Waals surface area contributed by atoms with Crippen molar-refractivity contribution >= 4 is 30.5 Å². The maximum absolute atomic E-state index is 11.7. The zero-order valence-electron chi connectivity index (χ0n) is 14.0. The maximum Gasteiger partial charge on any atom is 0.408 e. The number of carbonyl (C=O) groups excluding carboxylic acids is 5. The SMILES string of the molecule is C=COCC(=O)N(CNC(=O)OCCCC(=O)N(O)CC=O)OCC=O. The molecule has 146 valence electrons. The first kappa shape index (κ1) is 23.0. The highest BCUT2D eigenvalue weighted by atomic mass is 16.7. The summed E-state index contributed by atoms with van der Waals surface area (Å²) in [6.45, 7) is 1.46. The molecule has 0 unspecified atom stereocenters.